The minimum absolute atomic E-state index is 0.474. The van der Waals surface area contributed by atoms with Crippen LogP contribution in [0.1, 0.15) is 25.7 Å². The lowest BCUT2D eigenvalue weighted by molar-refractivity contribution is -0.898. The van der Waals surface area contributed by atoms with E-state index in [0.717, 1.165) is 22.1 Å². The third-order valence-corrected chi connectivity index (χ3v) is 4.99. The number of hydrogen-bond acceptors (Lipinski definition) is 3. The zero-order valence-corrected chi connectivity index (χ0v) is 13.1. The summed E-state index contributed by atoms with van der Waals surface area (Å²) in [5.74, 6) is 0. The van der Waals surface area contributed by atoms with Gasteiger partial charge in [-0.1, -0.05) is 0 Å². The van der Waals surface area contributed by atoms with Gasteiger partial charge in [-0.3, -0.25) is 0 Å². The van der Waals surface area contributed by atoms with E-state index in [0.29, 0.717) is 13.2 Å². The molecular weight excluding hydrogens is 256 g/mol. The van der Waals surface area contributed by atoms with E-state index >= 15 is 0 Å². The maximum atomic E-state index is 11.5. The molecule has 0 aromatic carbocycles. The first-order valence-electron chi connectivity index (χ1n) is 7.98. The fraction of sp³-hybridized carbons (Fsp3) is 0.933. The predicted molar refractivity (Wildman–Crippen MR) is 77.3 cm³/mol. The summed E-state index contributed by atoms with van der Waals surface area (Å²) in [5.41, 5.74) is 0. The maximum Gasteiger partial charge on any atom is 0.508 e. The van der Waals surface area contributed by atoms with Crippen LogP contribution in [0.2, 0.25) is 0 Å². The van der Waals surface area contributed by atoms with Gasteiger partial charge in [-0.05, 0) is 0 Å². The van der Waals surface area contributed by atoms with Crippen molar-refractivity contribution in [3.63, 3.8) is 0 Å². The fourth-order valence-corrected chi connectivity index (χ4v) is 3.39. The largest absolute Gasteiger partial charge is 0.508 e. The van der Waals surface area contributed by atoms with Crippen LogP contribution in [0, 0.1) is 0 Å². The summed E-state index contributed by atoms with van der Waals surface area (Å²) in [7, 11) is 4.47. The van der Waals surface area contributed by atoms with Crippen LogP contribution < -0.4 is 0 Å². The Bertz CT molecular complexity index is 291. The molecule has 0 atom stereocenters. The lowest BCUT2D eigenvalue weighted by Gasteiger charge is -2.29. The standard InChI is InChI=1S/C15H30N2O3/c1-16(7-3-4-8-16)11-13-19-15(18)20-14-12-17(2)9-5-6-10-17/h3-14H2,1-2H3/q+2. The average Bonchev–Trinajstić information content (AvgIpc) is 2.99. The summed E-state index contributed by atoms with van der Waals surface area (Å²) in [5, 5.41) is 0. The van der Waals surface area contributed by atoms with E-state index in [1.165, 1.54) is 51.9 Å². The van der Waals surface area contributed by atoms with Crippen LogP contribution in [-0.4, -0.2) is 81.7 Å². The first-order chi connectivity index (χ1) is 9.52. The number of hydrogen-bond donors (Lipinski definition) is 0. The third-order valence-electron chi connectivity index (χ3n) is 4.99. The molecule has 0 unspecified atom stereocenters. The zero-order chi connectivity index (χ0) is 14.5. The summed E-state index contributed by atoms with van der Waals surface area (Å²) >= 11 is 0. The summed E-state index contributed by atoms with van der Waals surface area (Å²) in [4.78, 5) is 11.5. The Labute approximate surface area is 122 Å². The summed E-state index contributed by atoms with van der Waals surface area (Å²) < 4.78 is 12.4. The highest BCUT2D eigenvalue weighted by Crippen LogP contribution is 2.16. The zero-order valence-electron chi connectivity index (χ0n) is 13.1. The molecule has 20 heavy (non-hydrogen) atoms. The summed E-state index contributed by atoms with van der Waals surface area (Å²) in [6, 6.07) is 0. The molecule has 116 valence electrons. The number of quaternary nitrogens is 2. The second kappa shape index (κ2) is 6.76. The van der Waals surface area contributed by atoms with Gasteiger partial charge in [0.25, 0.3) is 0 Å². The second-order valence-corrected chi connectivity index (χ2v) is 6.94. The lowest BCUT2D eigenvalue weighted by Crippen LogP contribution is -2.44. The van der Waals surface area contributed by atoms with E-state index < -0.39 is 6.16 Å². The monoisotopic (exact) mass is 286 g/mol. The summed E-state index contributed by atoms with van der Waals surface area (Å²) in [6.07, 6.45) is 4.66. The number of likely N-dealkylation sites (tertiary alicyclic amines) is 2. The van der Waals surface area contributed by atoms with E-state index in [2.05, 4.69) is 14.1 Å². The van der Waals surface area contributed by atoms with E-state index in [4.69, 9.17) is 9.47 Å². The first kappa shape index (κ1) is 15.6. The number of ether oxygens (including phenoxy) is 2. The van der Waals surface area contributed by atoms with Crippen LogP contribution in [0.3, 0.4) is 0 Å². The lowest BCUT2D eigenvalue weighted by atomic mass is 10.4. The molecule has 2 fully saturated rings. The van der Waals surface area contributed by atoms with Gasteiger partial charge in [0, 0.05) is 25.7 Å². The van der Waals surface area contributed by atoms with Crippen molar-refractivity contribution in [2.24, 2.45) is 0 Å². The molecule has 0 saturated carbocycles. The molecule has 0 aromatic heterocycles. The molecule has 2 rings (SSSR count). The van der Waals surface area contributed by atoms with Crippen LogP contribution in [0.15, 0.2) is 0 Å². The van der Waals surface area contributed by atoms with Gasteiger partial charge in [0.05, 0.1) is 40.3 Å². The molecule has 0 amide bonds. The normalized spacial score (nSPS) is 23.7. The van der Waals surface area contributed by atoms with Crippen LogP contribution in [-0.2, 0) is 9.47 Å². The van der Waals surface area contributed by atoms with Crippen molar-refractivity contribution in [2.75, 3.05) is 66.6 Å². The molecule has 5 nitrogen and oxygen atoms in total. The number of rotatable bonds is 6. The fourth-order valence-electron chi connectivity index (χ4n) is 3.39. The van der Waals surface area contributed by atoms with Crippen molar-refractivity contribution >= 4 is 6.16 Å². The van der Waals surface area contributed by atoms with Gasteiger partial charge in [-0.2, -0.15) is 0 Å². The van der Waals surface area contributed by atoms with Crippen molar-refractivity contribution in [3.05, 3.63) is 0 Å². The van der Waals surface area contributed by atoms with Crippen molar-refractivity contribution in [3.8, 4) is 0 Å². The molecule has 2 aliphatic rings. The molecule has 0 aromatic rings. The van der Waals surface area contributed by atoms with E-state index in [-0.39, 0.29) is 0 Å². The molecule has 2 heterocycles. The number of likely N-dealkylation sites (N-methyl/N-ethyl adjacent to an activating group) is 2. The molecule has 0 bridgehead atoms. The molecule has 2 saturated heterocycles. The molecule has 0 aliphatic carbocycles. The maximum absolute atomic E-state index is 11.5. The van der Waals surface area contributed by atoms with Crippen molar-refractivity contribution in [2.45, 2.75) is 25.7 Å². The number of carbonyl (C=O) groups is 1. The predicted octanol–water partition coefficient (Wildman–Crippen LogP) is 1.62. The molecule has 5 heteroatoms. The van der Waals surface area contributed by atoms with Crippen LogP contribution in [0.4, 0.5) is 4.79 Å². The van der Waals surface area contributed by atoms with Crippen molar-refractivity contribution in [1.29, 1.82) is 0 Å². The van der Waals surface area contributed by atoms with Crippen LogP contribution in [0.5, 0.6) is 0 Å². The molecule has 0 N–H and O–H groups in total. The number of carbonyl (C=O) groups excluding carboxylic acids is 1. The Hall–Kier alpha value is -0.810. The quantitative estimate of drug-likeness (QED) is 0.550. The average molecular weight is 286 g/mol. The molecule has 2 aliphatic heterocycles. The Balaban J connectivity index is 1.54. The molecule has 0 spiro atoms. The van der Waals surface area contributed by atoms with Gasteiger partial charge in [0.1, 0.15) is 26.3 Å². The Morgan fingerprint density at radius 2 is 1.15 bits per heavy atom. The topological polar surface area (TPSA) is 35.5 Å². The van der Waals surface area contributed by atoms with Gasteiger partial charge >= 0.3 is 6.16 Å². The molecular formula is C15H30N2O3+2. The Morgan fingerprint density at radius 1 is 0.800 bits per heavy atom. The van der Waals surface area contributed by atoms with Gasteiger partial charge in [0.15, 0.2) is 0 Å². The smallest absolute Gasteiger partial charge is 0.428 e. The van der Waals surface area contributed by atoms with Gasteiger partial charge in [-0.25, -0.2) is 4.79 Å². The minimum Gasteiger partial charge on any atom is -0.428 e. The summed E-state index contributed by atoms with van der Waals surface area (Å²) in [6.45, 7) is 7.57. The second-order valence-electron chi connectivity index (χ2n) is 6.94. The van der Waals surface area contributed by atoms with Gasteiger partial charge < -0.3 is 18.4 Å². The van der Waals surface area contributed by atoms with E-state index in [1.54, 1.807) is 0 Å². The van der Waals surface area contributed by atoms with Gasteiger partial charge in [0.2, 0.25) is 0 Å². The Morgan fingerprint density at radius 3 is 1.50 bits per heavy atom. The van der Waals surface area contributed by atoms with Gasteiger partial charge in [-0.15, -0.1) is 0 Å². The Kier molecular flexibility index (Phi) is 5.27. The van der Waals surface area contributed by atoms with Crippen molar-refractivity contribution < 1.29 is 23.2 Å². The SMILES string of the molecule is C[N+]1(CCOC(=O)OCC[N+]2(C)CCCC2)CCCC1. The minimum atomic E-state index is -0.499. The van der Waals surface area contributed by atoms with E-state index in [1.807, 2.05) is 0 Å². The van der Waals surface area contributed by atoms with Crippen LogP contribution in [0.25, 0.3) is 0 Å². The highest BCUT2D eigenvalue weighted by Gasteiger charge is 2.28. The van der Waals surface area contributed by atoms with Crippen molar-refractivity contribution in [1.82, 2.24) is 0 Å². The van der Waals surface area contributed by atoms with E-state index in [9.17, 15) is 4.79 Å². The molecule has 0 radical (unpaired) electrons. The number of nitrogens with zero attached hydrogens (tertiary/aromatic N) is 2. The third kappa shape index (κ3) is 4.63. The first-order valence-corrected chi connectivity index (χ1v) is 7.98. The highest BCUT2D eigenvalue weighted by molar-refractivity contribution is 5.59. The van der Waals surface area contributed by atoms with Crippen LogP contribution >= 0.6 is 0 Å². The highest BCUT2D eigenvalue weighted by atomic mass is 16.7.